The van der Waals surface area contributed by atoms with Crippen molar-refractivity contribution in [2.45, 2.75) is 18.2 Å². The number of benzene rings is 1. The first-order chi connectivity index (χ1) is 9.36. The first-order valence-electron chi connectivity index (χ1n) is 6.31. The van der Waals surface area contributed by atoms with Crippen LogP contribution in [0.2, 0.25) is 0 Å². The summed E-state index contributed by atoms with van der Waals surface area (Å²) in [6, 6.07) is 1.71. The molecule has 0 spiro atoms. The summed E-state index contributed by atoms with van der Waals surface area (Å²) in [5.74, 6) is -0.447. The molecular formula is C13H17F2NO2S2. The highest BCUT2D eigenvalue weighted by atomic mass is 32.2. The summed E-state index contributed by atoms with van der Waals surface area (Å²) in [5, 5.41) is 0. The van der Waals surface area contributed by atoms with E-state index in [1.807, 2.05) is 6.26 Å². The maximum Gasteiger partial charge on any atom is 0.246 e. The third-order valence-corrected chi connectivity index (χ3v) is 6.17. The lowest BCUT2D eigenvalue weighted by molar-refractivity contribution is 0.457. The van der Waals surface area contributed by atoms with E-state index in [1.54, 1.807) is 11.8 Å². The summed E-state index contributed by atoms with van der Waals surface area (Å²) in [4.78, 5) is -0.564. The van der Waals surface area contributed by atoms with Gasteiger partial charge in [0, 0.05) is 13.1 Å². The van der Waals surface area contributed by atoms with Crippen LogP contribution in [0.4, 0.5) is 8.78 Å². The minimum Gasteiger partial charge on any atom is -0.207 e. The van der Waals surface area contributed by atoms with Crippen molar-refractivity contribution in [1.82, 2.24) is 4.31 Å². The topological polar surface area (TPSA) is 37.4 Å². The van der Waals surface area contributed by atoms with Crippen molar-refractivity contribution in [2.75, 3.05) is 25.1 Å². The monoisotopic (exact) mass is 321 g/mol. The van der Waals surface area contributed by atoms with Crippen LogP contribution in [0.3, 0.4) is 0 Å². The number of rotatable bonds is 4. The van der Waals surface area contributed by atoms with Gasteiger partial charge in [0.15, 0.2) is 0 Å². The lowest BCUT2D eigenvalue weighted by atomic mass is 10.2. The number of halogens is 2. The molecule has 1 atom stereocenters. The highest BCUT2D eigenvalue weighted by molar-refractivity contribution is 7.98. The number of aryl methyl sites for hydroxylation is 1. The molecule has 0 amide bonds. The Morgan fingerprint density at radius 2 is 2.05 bits per heavy atom. The van der Waals surface area contributed by atoms with Crippen LogP contribution < -0.4 is 0 Å². The predicted octanol–water partition coefficient (Wildman–Crippen LogP) is 2.65. The van der Waals surface area contributed by atoms with Crippen molar-refractivity contribution in [3.63, 3.8) is 0 Å². The van der Waals surface area contributed by atoms with Gasteiger partial charge in [0.2, 0.25) is 10.0 Å². The summed E-state index contributed by atoms with van der Waals surface area (Å²) in [5.41, 5.74) is 0.100. The number of thioether (sulfide) groups is 1. The SMILES string of the molecule is CSC[C@H]1CCN(S(=O)(=O)c2cc(F)c(C)cc2F)C1. The van der Waals surface area contributed by atoms with Gasteiger partial charge in [-0.2, -0.15) is 16.1 Å². The number of hydrogen-bond acceptors (Lipinski definition) is 3. The first kappa shape index (κ1) is 15.7. The third-order valence-electron chi connectivity index (χ3n) is 3.48. The van der Waals surface area contributed by atoms with E-state index in [9.17, 15) is 17.2 Å². The molecule has 2 rings (SSSR count). The van der Waals surface area contributed by atoms with Crippen molar-refractivity contribution >= 4 is 21.8 Å². The Hall–Kier alpha value is -0.660. The lowest BCUT2D eigenvalue weighted by Crippen LogP contribution is -2.30. The van der Waals surface area contributed by atoms with Gasteiger partial charge in [0.05, 0.1) is 0 Å². The van der Waals surface area contributed by atoms with E-state index in [2.05, 4.69) is 0 Å². The van der Waals surface area contributed by atoms with Crippen molar-refractivity contribution in [3.8, 4) is 0 Å². The van der Waals surface area contributed by atoms with E-state index in [4.69, 9.17) is 0 Å². The Bertz CT molecular complexity index is 605. The van der Waals surface area contributed by atoms with Crippen LogP contribution in [0.15, 0.2) is 17.0 Å². The van der Waals surface area contributed by atoms with Gasteiger partial charge in [-0.25, -0.2) is 17.2 Å². The van der Waals surface area contributed by atoms with E-state index >= 15 is 0 Å². The van der Waals surface area contributed by atoms with Gasteiger partial charge in [-0.15, -0.1) is 0 Å². The molecule has 20 heavy (non-hydrogen) atoms. The van der Waals surface area contributed by atoms with Gasteiger partial charge in [-0.05, 0) is 49.0 Å². The molecule has 1 aliphatic rings. The van der Waals surface area contributed by atoms with E-state index in [0.29, 0.717) is 13.1 Å². The number of nitrogens with zero attached hydrogens (tertiary/aromatic N) is 1. The summed E-state index contributed by atoms with van der Waals surface area (Å²) in [6.07, 6.45) is 2.72. The van der Waals surface area contributed by atoms with E-state index in [1.165, 1.54) is 11.2 Å². The molecule has 1 aromatic carbocycles. The van der Waals surface area contributed by atoms with Crippen molar-refractivity contribution in [2.24, 2.45) is 5.92 Å². The molecule has 0 bridgehead atoms. The molecule has 1 aliphatic heterocycles. The van der Waals surface area contributed by atoms with Crippen LogP contribution in [-0.2, 0) is 10.0 Å². The average Bonchev–Trinajstić information content (AvgIpc) is 2.83. The fraction of sp³-hybridized carbons (Fsp3) is 0.538. The molecule has 0 N–H and O–H groups in total. The Morgan fingerprint density at radius 3 is 2.70 bits per heavy atom. The molecule has 0 aliphatic carbocycles. The van der Waals surface area contributed by atoms with Crippen LogP contribution in [0.25, 0.3) is 0 Å². The van der Waals surface area contributed by atoms with Gasteiger partial charge in [-0.1, -0.05) is 0 Å². The summed E-state index contributed by atoms with van der Waals surface area (Å²) < 4.78 is 53.4. The Kier molecular flexibility index (Phi) is 4.71. The van der Waals surface area contributed by atoms with Gasteiger partial charge < -0.3 is 0 Å². The Morgan fingerprint density at radius 1 is 1.35 bits per heavy atom. The van der Waals surface area contributed by atoms with Crippen molar-refractivity contribution in [3.05, 3.63) is 29.3 Å². The van der Waals surface area contributed by atoms with Gasteiger partial charge in [0.25, 0.3) is 0 Å². The Balaban J connectivity index is 2.30. The second-order valence-corrected chi connectivity index (χ2v) is 7.82. The van der Waals surface area contributed by atoms with Crippen LogP contribution in [0.5, 0.6) is 0 Å². The molecule has 1 aromatic rings. The van der Waals surface area contributed by atoms with Crippen LogP contribution in [0, 0.1) is 24.5 Å². The second-order valence-electron chi connectivity index (χ2n) is 5.00. The molecule has 0 unspecified atom stereocenters. The smallest absolute Gasteiger partial charge is 0.207 e. The van der Waals surface area contributed by atoms with Crippen molar-refractivity contribution in [1.29, 1.82) is 0 Å². The highest BCUT2D eigenvalue weighted by Crippen LogP contribution is 2.28. The largest absolute Gasteiger partial charge is 0.246 e. The van der Waals surface area contributed by atoms with Crippen LogP contribution >= 0.6 is 11.8 Å². The molecule has 0 saturated carbocycles. The molecule has 1 fully saturated rings. The maximum absolute atomic E-state index is 13.8. The molecule has 7 heteroatoms. The van der Waals surface area contributed by atoms with Gasteiger partial charge >= 0.3 is 0 Å². The molecule has 3 nitrogen and oxygen atoms in total. The zero-order chi connectivity index (χ0) is 14.9. The molecule has 1 saturated heterocycles. The van der Waals surface area contributed by atoms with Crippen LogP contribution in [-0.4, -0.2) is 37.8 Å². The standard InChI is InChI=1S/C13H17F2NO2S2/c1-9-5-12(15)13(6-11(9)14)20(17,18)16-4-3-10(7-16)8-19-2/h5-6,10H,3-4,7-8H2,1-2H3/t10-/m0/s1. The fourth-order valence-corrected chi connectivity index (χ4v) is 4.68. The normalized spacial score (nSPS) is 20.5. The van der Waals surface area contributed by atoms with Crippen LogP contribution in [0.1, 0.15) is 12.0 Å². The maximum atomic E-state index is 13.8. The zero-order valence-electron chi connectivity index (χ0n) is 11.4. The quantitative estimate of drug-likeness (QED) is 0.855. The predicted molar refractivity (Wildman–Crippen MR) is 76.3 cm³/mol. The van der Waals surface area contributed by atoms with Gasteiger partial charge in [-0.3, -0.25) is 0 Å². The summed E-state index contributed by atoms with van der Waals surface area (Å²) in [6.45, 7) is 2.14. The number of hydrogen-bond donors (Lipinski definition) is 0. The van der Waals surface area contributed by atoms with E-state index in [0.717, 1.165) is 24.3 Å². The lowest BCUT2D eigenvalue weighted by Gasteiger charge is -2.17. The molecular weight excluding hydrogens is 304 g/mol. The average molecular weight is 321 g/mol. The van der Waals surface area contributed by atoms with Gasteiger partial charge in [0.1, 0.15) is 16.5 Å². The fourth-order valence-electron chi connectivity index (χ4n) is 2.35. The zero-order valence-corrected chi connectivity index (χ0v) is 13.0. The third kappa shape index (κ3) is 2.99. The summed E-state index contributed by atoms with van der Waals surface area (Å²) in [7, 11) is -3.95. The molecule has 0 aromatic heterocycles. The first-order valence-corrected chi connectivity index (χ1v) is 9.14. The van der Waals surface area contributed by atoms with E-state index in [-0.39, 0.29) is 11.5 Å². The van der Waals surface area contributed by atoms with Crippen molar-refractivity contribution < 1.29 is 17.2 Å². The Labute approximate surface area is 122 Å². The molecule has 0 radical (unpaired) electrons. The minimum absolute atomic E-state index is 0.100. The second kappa shape index (κ2) is 5.99. The molecule has 1 heterocycles. The minimum atomic E-state index is -3.95. The number of sulfonamides is 1. The molecule has 112 valence electrons. The van der Waals surface area contributed by atoms with E-state index < -0.39 is 26.6 Å². The highest BCUT2D eigenvalue weighted by Gasteiger charge is 2.34. The summed E-state index contributed by atoms with van der Waals surface area (Å²) >= 11 is 1.66.